The van der Waals surface area contributed by atoms with Crippen LogP contribution in [0.4, 0.5) is 4.39 Å². The van der Waals surface area contributed by atoms with Crippen LogP contribution in [0, 0.1) is 25.6 Å². The monoisotopic (exact) mass is 330 g/mol. The van der Waals surface area contributed by atoms with E-state index in [9.17, 15) is 4.39 Å². The fourth-order valence-electron chi connectivity index (χ4n) is 2.81. The molecule has 2 aromatic rings. The third kappa shape index (κ3) is 4.23. The number of aromatic nitrogens is 1. The number of benzene rings is 1. The Balaban J connectivity index is 1.74. The van der Waals surface area contributed by atoms with Crippen molar-refractivity contribution in [3.05, 3.63) is 47.4 Å². The molecule has 1 atom stereocenters. The molecular weight excluding hydrogens is 307 g/mol. The summed E-state index contributed by atoms with van der Waals surface area (Å²) in [5.41, 5.74) is 1.57. The second kappa shape index (κ2) is 7.62. The molecule has 1 aliphatic heterocycles. The van der Waals surface area contributed by atoms with Crippen LogP contribution in [-0.4, -0.2) is 24.7 Å². The van der Waals surface area contributed by atoms with Crippen LogP contribution in [0.3, 0.4) is 0 Å². The summed E-state index contributed by atoms with van der Waals surface area (Å²) in [4.78, 5) is 4.44. The minimum Gasteiger partial charge on any atom is -0.488 e. The van der Waals surface area contributed by atoms with Crippen LogP contribution in [0.5, 0.6) is 17.4 Å². The van der Waals surface area contributed by atoms with Gasteiger partial charge in [-0.05, 0) is 69.1 Å². The van der Waals surface area contributed by atoms with Gasteiger partial charge in [0.1, 0.15) is 11.6 Å². The van der Waals surface area contributed by atoms with Gasteiger partial charge in [0.15, 0.2) is 5.75 Å². The van der Waals surface area contributed by atoms with Gasteiger partial charge < -0.3 is 14.8 Å². The summed E-state index contributed by atoms with van der Waals surface area (Å²) in [6.07, 6.45) is 2.35. The summed E-state index contributed by atoms with van der Waals surface area (Å²) in [6.45, 7) is 6.41. The molecule has 24 heavy (non-hydrogen) atoms. The Hall–Kier alpha value is -2.14. The van der Waals surface area contributed by atoms with E-state index in [4.69, 9.17) is 9.47 Å². The second-order valence-corrected chi connectivity index (χ2v) is 6.29. The third-order valence-electron chi connectivity index (χ3n) is 4.18. The first-order valence-corrected chi connectivity index (χ1v) is 8.37. The standard InChI is InChI=1S/C19H23FN2O2/c1-13-10-16(20)6-8-17(13)24-19-18(7-5-14(2)22-19)23-12-15-4-3-9-21-11-15/h5-8,10,15,21H,3-4,9,11-12H2,1-2H3/t15-/m0/s1. The van der Waals surface area contributed by atoms with Gasteiger partial charge in [-0.25, -0.2) is 9.37 Å². The molecule has 0 amide bonds. The molecule has 0 bridgehead atoms. The summed E-state index contributed by atoms with van der Waals surface area (Å²) in [6, 6.07) is 8.22. The van der Waals surface area contributed by atoms with Crippen molar-refractivity contribution in [2.45, 2.75) is 26.7 Å². The van der Waals surface area contributed by atoms with Gasteiger partial charge in [0.25, 0.3) is 5.88 Å². The Bertz CT molecular complexity index is 700. The van der Waals surface area contributed by atoms with Gasteiger partial charge >= 0.3 is 0 Å². The summed E-state index contributed by atoms with van der Waals surface area (Å²) in [7, 11) is 0. The van der Waals surface area contributed by atoms with Crippen LogP contribution >= 0.6 is 0 Å². The van der Waals surface area contributed by atoms with Crippen LogP contribution in [-0.2, 0) is 0 Å². The molecule has 1 aliphatic rings. The maximum absolute atomic E-state index is 13.3. The van der Waals surface area contributed by atoms with Crippen molar-refractivity contribution in [1.29, 1.82) is 0 Å². The molecule has 0 unspecified atom stereocenters. The molecule has 128 valence electrons. The molecule has 3 rings (SSSR count). The smallest absolute Gasteiger partial charge is 0.262 e. The lowest BCUT2D eigenvalue weighted by Crippen LogP contribution is -2.33. The molecule has 4 nitrogen and oxygen atoms in total. The molecular formula is C19H23FN2O2. The molecule has 0 radical (unpaired) electrons. The predicted molar refractivity (Wildman–Crippen MR) is 91.3 cm³/mol. The minimum absolute atomic E-state index is 0.279. The minimum atomic E-state index is -0.279. The maximum Gasteiger partial charge on any atom is 0.262 e. The fourth-order valence-corrected chi connectivity index (χ4v) is 2.81. The van der Waals surface area contributed by atoms with E-state index in [0.29, 0.717) is 29.9 Å². The summed E-state index contributed by atoms with van der Waals surface area (Å²) in [5.74, 6) is 1.85. The topological polar surface area (TPSA) is 43.4 Å². The zero-order valence-corrected chi connectivity index (χ0v) is 14.1. The van der Waals surface area contributed by atoms with E-state index >= 15 is 0 Å². The molecule has 1 aromatic heterocycles. The van der Waals surface area contributed by atoms with Gasteiger partial charge in [-0.15, -0.1) is 0 Å². The fraction of sp³-hybridized carbons (Fsp3) is 0.421. The van der Waals surface area contributed by atoms with Crippen molar-refractivity contribution in [3.63, 3.8) is 0 Å². The van der Waals surface area contributed by atoms with Crippen LogP contribution in [0.2, 0.25) is 0 Å². The van der Waals surface area contributed by atoms with E-state index in [0.717, 1.165) is 24.3 Å². The van der Waals surface area contributed by atoms with Crippen LogP contribution < -0.4 is 14.8 Å². The lowest BCUT2D eigenvalue weighted by Gasteiger charge is -2.23. The number of hydrogen-bond donors (Lipinski definition) is 1. The van der Waals surface area contributed by atoms with E-state index in [1.807, 2.05) is 26.0 Å². The molecule has 1 N–H and O–H groups in total. The average Bonchev–Trinajstić information content (AvgIpc) is 2.57. The zero-order valence-electron chi connectivity index (χ0n) is 14.1. The summed E-state index contributed by atoms with van der Waals surface area (Å²) < 4.78 is 25.1. The first kappa shape index (κ1) is 16.7. The maximum atomic E-state index is 13.3. The van der Waals surface area contributed by atoms with Gasteiger partial charge in [-0.2, -0.15) is 0 Å². The Morgan fingerprint density at radius 3 is 2.79 bits per heavy atom. The molecule has 0 aliphatic carbocycles. The Morgan fingerprint density at radius 1 is 1.21 bits per heavy atom. The number of halogens is 1. The zero-order chi connectivity index (χ0) is 16.9. The van der Waals surface area contributed by atoms with E-state index in [1.54, 1.807) is 6.07 Å². The normalized spacial score (nSPS) is 17.5. The number of aryl methyl sites for hydroxylation is 2. The van der Waals surface area contributed by atoms with Crippen molar-refractivity contribution in [1.82, 2.24) is 10.3 Å². The van der Waals surface area contributed by atoms with Crippen molar-refractivity contribution in [2.24, 2.45) is 5.92 Å². The Morgan fingerprint density at radius 2 is 2.04 bits per heavy atom. The molecule has 1 fully saturated rings. The Labute approximate surface area is 142 Å². The highest BCUT2D eigenvalue weighted by Crippen LogP contribution is 2.32. The second-order valence-electron chi connectivity index (χ2n) is 6.29. The molecule has 5 heteroatoms. The lowest BCUT2D eigenvalue weighted by molar-refractivity contribution is 0.211. The number of nitrogens with one attached hydrogen (secondary N) is 1. The molecule has 1 saturated heterocycles. The summed E-state index contributed by atoms with van der Waals surface area (Å²) >= 11 is 0. The largest absolute Gasteiger partial charge is 0.488 e. The van der Waals surface area contributed by atoms with Crippen LogP contribution in [0.25, 0.3) is 0 Å². The predicted octanol–water partition coefficient (Wildman–Crippen LogP) is 4.01. The van der Waals surface area contributed by atoms with Gasteiger partial charge in [0, 0.05) is 18.2 Å². The quantitative estimate of drug-likeness (QED) is 0.899. The molecule has 0 spiro atoms. The van der Waals surface area contributed by atoms with Crippen molar-refractivity contribution >= 4 is 0 Å². The van der Waals surface area contributed by atoms with Gasteiger partial charge in [0.05, 0.1) is 6.61 Å². The highest BCUT2D eigenvalue weighted by atomic mass is 19.1. The van der Waals surface area contributed by atoms with E-state index in [1.165, 1.54) is 25.0 Å². The number of nitrogens with zero attached hydrogens (tertiary/aromatic N) is 1. The highest BCUT2D eigenvalue weighted by molar-refractivity contribution is 5.41. The number of hydrogen-bond acceptors (Lipinski definition) is 4. The first-order valence-electron chi connectivity index (χ1n) is 8.37. The number of piperidine rings is 1. The Kier molecular flexibility index (Phi) is 5.30. The lowest BCUT2D eigenvalue weighted by atomic mass is 10.0. The van der Waals surface area contributed by atoms with Crippen molar-refractivity contribution < 1.29 is 13.9 Å². The van der Waals surface area contributed by atoms with Gasteiger partial charge in [-0.1, -0.05) is 0 Å². The van der Waals surface area contributed by atoms with E-state index in [2.05, 4.69) is 10.3 Å². The van der Waals surface area contributed by atoms with E-state index in [-0.39, 0.29) is 5.82 Å². The number of rotatable bonds is 5. The van der Waals surface area contributed by atoms with E-state index < -0.39 is 0 Å². The molecule has 0 saturated carbocycles. The van der Waals surface area contributed by atoms with Gasteiger partial charge in [-0.3, -0.25) is 0 Å². The van der Waals surface area contributed by atoms with Crippen molar-refractivity contribution in [2.75, 3.05) is 19.7 Å². The van der Waals surface area contributed by atoms with Gasteiger partial charge in [0.2, 0.25) is 0 Å². The molecule has 2 heterocycles. The van der Waals surface area contributed by atoms with Crippen LogP contribution in [0.1, 0.15) is 24.1 Å². The first-order chi connectivity index (χ1) is 11.6. The SMILES string of the molecule is Cc1ccc(OC[C@H]2CCCNC2)c(Oc2ccc(F)cc2C)n1. The third-order valence-corrected chi connectivity index (χ3v) is 4.18. The average molecular weight is 330 g/mol. The van der Waals surface area contributed by atoms with Crippen molar-refractivity contribution in [3.8, 4) is 17.4 Å². The highest BCUT2D eigenvalue weighted by Gasteiger charge is 2.16. The number of ether oxygens (including phenoxy) is 2. The number of pyridine rings is 1. The summed E-state index contributed by atoms with van der Waals surface area (Å²) in [5, 5.41) is 3.39. The molecule has 1 aromatic carbocycles. The van der Waals surface area contributed by atoms with Crippen LogP contribution in [0.15, 0.2) is 30.3 Å².